The minimum atomic E-state index is 0.616. The minimum absolute atomic E-state index is 0.616. The van der Waals surface area contributed by atoms with E-state index < -0.39 is 0 Å². The molecule has 0 aliphatic heterocycles. The molecule has 5 heteroatoms. The van der Waals surface area contributed by atoms with Crippen LogP contribution in [0.2, 0.25) is 0 Å². The van der Waals surface area contributed by atoms with Gasteiger partial charge in [-0.3, -0.25) is 4.90 Å². The van der Waals surface area contributed by atoms with E-state index in [9.17, 15) is 0 Å². The molecule has 1 heterocycles. The summed E-state index contributed by atoms with van der Waals surface area (Å²) in [5.74, 6) is 2.37. The Labute approximate surface area is 211 Å². The lowest BCUT2D eigenvalue weighted by Gasteiger charge is -2.22. The Balaban J connectivity index is 1.48. The molecule has 0 atom stereocenters. The number of hydrogen-bond acceptors (Lipinski definition) is 5. The number of aromatic nitrogens is 2. The van der Waals surface area contributed by atoms with Crippen LogP contribution in [0.1, 0.15) is 88.6 Å². The first kappa shape index (κ1) is 26.9. The van der Waals surface area contributed by atoms with Crippen molar-refractivity contribution in [3.8, 4) is 17.2 Å². The quantitative estimate of drug-likeness (QED) is 0.185. The van der Waals surface area contributed by atoms with E-state index in [2.05, 4.69) is 65.3 Å². The van der Waals surface area contributed by atoms with Gasteiger partial charge in [-0.1, -0.05) is 101 Å². The Morgan fingerprint density at radius 3 is 2.31 bits per heavy atom. The highest BCUT2D eigenvalue weighted by molar-refractivity contribution is 5.54. The Hall–Kier alpha value is -2.66. The number of methoxy groups -OCH3 is 1. The van der Waals surface area contributed by atoms with Crippen LogP contribution in [0.3, 0.4) is 0 Å². The molecule has 0 N–H and O–H groups in total. The summed E-state index contributed by atoms with van der Waals surface area (Å²) in [5.41, 5.74) is 3.42. The van der Waals surface area contributed by atoms with Crippen molar-refractivity contribution in [1.82, 2.24) is 15.0 Å². The summed E-state index contributed by atoms with van der Waals surface area (Å²) in [6.45, 7) is 7.10. The highest BCUT2D eigenvalue weighted by Gasteiger charge is 2.12. The summed E-state index contributed by atoms with van der Waals surface area (Å²) in [5, 5.41) is 4.23. The van der Waals surface area contributed by atoms with Crippen LogP contribution in [0.15, 0.2) is 53.1 Å². The lowest BCUT2D eigenvalue weighted by Crippen LogP contribution is -2.22. The van der Waals surface area contributed by atoms with Gasteiger partial charge in [0, 0.05) is 30.6 Å². The van der Waals surface area contributed by atoms with Crippen molar-refractivity contribution in [2.45, 2.75) is 91.1 Å². The Morgan fingerprint density at radius 1 is 0.829 bits per heavy atom. The molecule has 3 aromatic rings. The van der Waals surface area contributed by atoms with E-state index in [1.165, 1.54) is 62.5 Å². The molecule has 2 aromatic carbocycles. The van der Waals surface area contributed by atoms with Gasteiger partial charge in [0.2, 0.25) is 0 Å². The third-order valence-corrected chi connectivity index (χ3v) is 6.59. The second kappa shape index (κ2) is 15.4. The smallest absolute Gasteiger partial charge is 0.257 e. The molecule has 0 radical (unpaired) electrons. The molecular formula is C30H43N3O2. The zero-order chi connectivity index (χ0) is 24.7. The van der Waals surface area contributed by atoms with Crippen LogP contribution in [0, 0.1) is 0 Å². The van der Waals surface area contributed by atoms with Crippen LogP contribution >= 0.6 is 0 Å². The molecule has 190 valence electrons. The molecule has 35 heavy (non-hydrogen) atoms. The first-order valence-corrected chi connectivity index (χ1v) is 13.5. The molecule has 0 saturated carbocycles. The molecule has 1 aromatic heterocycles. The Morgan fingerprint density at radius 2 is 1.57 bits per heavy atom. The number of nitrogens with zero attached hydrogens (tertiary/aromatic N) is 3. The lowest BCUT2D eigenvalue weighted by atomic mass is 10.1. The van der Waals surface area contributed by atoms with Crippen molar-refractivity contribution in [3.05, 3.63) is 65.5 Å². The number of hydrogen-bond donors (Lipinski definition) is 0. The fraction of sp³-hybridized carbons (Fsp3) is 0.533. The molecule has 0 aliphatic carbocycles. The van der Waals surface area contributed by atoms with Gasteiger partial charge in [0.15, 0.2) is 5.82 Å². The highest BCUT2D eigenvalue weighted by atomic mass is 16.5. The number of ether oxygens (including phenoxy) is 1. The van der Waals surface area contributed by atoms with Crippen LogP contribution in [-0.2, 0) is 19.5 Å². The molecule has 0 bridgehead atoms. The van der Waals surface area contributed by atoms with Gasteiger partial charge in [-0.25, -0.2) is 0 Å². The normalized spacial score (nSPS) is 11.3. The maximum atomic E-state index is 5.60. The first-order chi connectivity index (χ1) is 17.2. The summed E-state index contributed by atoms with van der Waals surface area (Å²) in [6, 6.07) is 16.7. The van der Waals surface area contributed by atoms with Gasteiger partial charge in [0.25, 0.3) is 5.89 Å². The second-order valence-electron chi connectivity index (χ2n) is 9.41. The van der Waals surface area contributed by atoms with Crippen molar-refractivity contribution in [1.29, 1.82) is 0 Å². The minimum Gasteiger partial charge on any atom is -0.496 e. The number of benzene rings is 2. The van der Waals surface area contributed by atoms with Crippen molar-refractivity contribution >= 4 is 0 Å². The van der Waals surface area contributed by atoms with E-state index in [0.717, 1.165) is 49.6 Å². The van der Waals surface area contributed by atoms with E-state index >= 15 is 0 Å². The summed E-state index contributed by atoms with van der Waals surface area (Å²) in [7, 11) is 1.73. The SMILES string of the molecule is CCCCCCCCCCCc1noc(-c2cccc(CN(CC)Cc3ccccc3OC)c2)n1. The molecular weight excluding hydrogens is 434 g/mol. The molecule has 0 saturated heterocycles. The third-order valence-electron chi connectivity index (χ3n) is 6.59. The zero-order valence-electron chi connectivity index (χ0n) is 22.0. The number of para-hydroxylation sites is 1. The monoisotopic (exact) mass is 477 g/mol. The van der Waals surface area contributed by atoms with Gasteiger partial charge in [0.05, 0.1) is 7.11 Å². The molecule has 0 aliphatic rings. The van der Waals surface area contributed by atoms with Crippen molar-refractivity contribution in [3.63, 3.8) is 0 Å². The topological polar surface area (TPSA) is 51.4 Å². The number of aryl methyl sites for hydroxylation is 1. The number of unbranched alkanes of at least 4 members (excludes halogenated alkanes) is 8. The average Bonchev–Trinajstić information content (AvgIpc) is 3.37. The van der Waals surface area contributed by atoms with Crippen LogP contribution in [0.5, 0.6) is 5.75 Å². The molecule has 5 nitrogen and oxygen atoms in total. The van der Waals surface area contributed by atoms with Gasteiger partial charge >= 0.3 is 0 Å². The standard InChI is InChI=1S/C30H43N3O2/c1-4-6-7-8-9-10-11-12-13-21-29-31-30(35-32-29)26-19-16-17-25(22-26)23-33(5-2)24-27-18-14-15-20-28(27)34-3/h14-20,22H,4-13,21,23-24H2,1-3H3. The Bertz CT molecular complexity index is 985. The fourth-order valence-corrected chi connectivity index (χ4v) is 4.48. The van der Waals surface area contributed by atoms with Crippen molar-refractivity contribution in [2.24, 2.45) is 0 Å². The largest absolute Gasteiger partial charge is 0.496 e. The van der Waals surface area contributed by atoms with E-state index in [0.29, 0.717) is 5.89 Å². The van der Waals surface area contributed by atoms with Crippen LogP contribution in [0.25, 0.3) is 11.5 Å². The van der Waals surface area contributed by atoms with E-state index in [1.54, 1.807) is 7.11 Å². The Kier molecular flexibility index (Phi) is 11.8. The maximum Gasteiger partial charge on any atom is 0.257 e. The molecule has 0 spiro atoms. The third kappa shape index (κ3) is 9.14. The maximum absolute atomic E-state index is 5.60. The molecule has 0 fully saturated rings. The predicted molar refractivity (Wildman–Crippen MR) is 143 cm³/mol. The molecule has 0 unspecified atom stereocenters. The van der Waals surface area contributed by atoms with Gasteiger partial charge in [-0.05, 0) is 36.7 Å². The second-order valence-corrected chi connectivity index (χ2v) is 9.41. The molecule has 0 amide bonds. The van der Waals surface area contributed by atoms with E-state index in [1.807, 2.05) is 12.1 Å². The predicted octanol–water partition coefficient (Wildman–Crippen LogP) is 7.84. The average molecular weight is 478 g/mol. The summed E-state index contributed by atoms with van der Waals surface area (Å²) < 4.78 is 11.1. The van der Waals surface area contributed by atoms with Gasteiger partial charge in [-0.2, -0.15) is 4.98 Å². The van der Waals surface area contributed by atoms with E-state index in [4.69, 9.17) is 9.26 Å². The lowest BCUT2D eigenvalue weighted by molar-refractivity contribution is 0.266. The van der Waals surface area contributed by atoms with E-state index in [-0.39, 0.29) is 0 Å². The number of rotatable bonds is 17. The first-order valence-electron chi connectivity index (χ1n) is 13.5. The zero-order valence-corrected chi connectivity index (χ0v) is 22.0. The van der Waals surface area contributed by atoms with Gasteiger partial charge < -0.3 is 9.26 Å². The summed E-state index contributed by atoms with van der Waals surface area (Å²) in [6.07, 6.45) is 12.8. The highest BCUT2D eigenvalue weighted by Crippen LogP contribution is 2.23. The summed E-state index contributed by atoms with van der Waals surface area (Å²) in [4.78, 5) is 7.07. The van der Waals surface area contributed by atoms with Crippen LogP contribution in [0.4, 0.5) is 0 Å². The summed E-state index contributed by atoms with van der Waals surface area (Å²) >= 11 is 0. The van der Waals surface area contributed by atoms with Crippen LogP contribution in [-0.4, -0.2) is 28.7 Å². The molecule has 3 rings (SSSR count). The van der Waals surface area contributed by atoms with Gasteiger partial charge in [-0.15, -0.1) is 0 Å². The van der Waals surface area contributed by atoms with Crippen LogP contribution < -0.4 is 4.74 Å². The fourth-order valence-electron chi connectivity index (χ4n) is 4.48. The van der Waals surface area contributed by atoms with Crippen molar-refractivity contribution in [2.75, 3.05) is 13.7 Å². The van der Waals surface area contributed by atoms with Crippen molar-refractivity contribution < 1.29 is 9.26 Å². The van der Waals surface area contributed by atoms with Gasteiger partial charge in [0.1, 0.15) is 5.75 Å².